The lowest BCUT2D eigenvalue weighted by Crippen LogP contribution is -2.47. The van der Waals surface area contributed by atoms with Gasteiger partial charge >= 0.3 is 10.0 Å². The van der Waals surface area contributed by atoms with Crippen LogP contribution in [-0.2, 0) is 16.6 Å². The molecule has 120 valence electrons. The summed E-state index contributed by atoms with van der Waals surface area (Å²) in [6.45, 7) is 0.452. The Morgan fingerprint density at radius 3 is 2.54 bits per heavy atom. The van der Waals surface area contributed by atoms with Crippen molar-refractivity contribution in [3.63, 3.8) is 0 Å². The van der Waals surface area contributed by atoms with Crippen LogP contribution in [0.5, 0.6) is 0 Å². The van der Waals surface area contributed by atoms with Gasteiger partial charge in [-0.1, -0.05) is 36.4 Å². The lowest BCUT2D eigenvalue weighted by atomic mass is 10.1. The Balaban J connectivity index is 1.75. The van der Waals surface area contributed by atoms with Crippen LogP contribution in [0.25, 0.3) is 22.4 Å². The van der Waals surface area contributed by atoms with Crippen molar-refractivity contribution in [3.05, 3.63) is 67.0 Å². The van der Waals surface area contributed by atoms with E-state index in [-0.39, 0.29) is 5.75 Å². The van der Waals surface area contributed by atoms with Crippen molar-refractivity contribution in [2.75, 3.05) is 10.5 Å². The second-order valence-electron chi connectivity index (χ2n) is 5.68. The van der Waals surface area contributed by atoms with Crippen LogP contribution in [-0.4, -0.2) is 19.2 Å². The summed E-state index contributed by atoms with van der Waals surface area (Å²) >= 11 is 0. The Morgan fingerprint density at radius 2 is 1.79 bits per heavy atom. The summed E-state index contributed by atoms with van der Waals surface area (Å²) in [5, 5.41) is 0. The summed E-state index contributed by atoms with van der Waals surface area (Å²) in [5.74, 6) is 0.692. The molecule has 0 unspecified atom stereocenters. The van der Waals surface area contributed by atoms with Crippen LogP contribution >= 0.6 is 0 Å². The van der Waals surface area contributed by atoms with Gasteiger partial charge in [0, 0.05) is 17.3 Å². The second-order valence-corrected chi connectivity index (χ2v) is 7.52. The van der Waals surface area contributed by atoms with Gasteiger partial charge < -0.3 is 0 Å². The van der Waals surface area contributed by atoms with Gasteiger partial charge in [-0.05, 0) is 18.2 Å². The second kappa shape index (κ2) is 5.72. The van der Waals surface area contributed by atoms with Gasteiger partial charge in [-0.15, -0.1) is 0 Å². The van der Waals surface area contributed by atoms with Crippen LogP contribution in [0, 0.1) is 0 Å². The molecule has 1 aliphatic heterocycles. The molecule has 0 saturated carbocycles. The SMILES string of the molecule is O=S1(=O)CC[n+]2cccc(-c3ccc(-c4ccccc4)nc3)c2N1. The fourth-order valence-corrected chi connectivity index (χ4v) is 3.89. The maximum Gasteiger partial charge on any atom is 0.302 e. The van der Waals surface area contributed by atoms with Gasteiger partial charge in [-0.2, -0.15) is 13.1 Å². The number of benzene rings is 1. The van der Waals surface area contributed by atoms with Gasteiger partial charge in [0.2, 0.25) is 0 Å². The molecule has 3 heterocycles. The van der Waals surface area contributed by atoms with Crippen LogP contribution in [0.3, 0.4) is 0 Å². The summed E-state index contributed by atoms with van der Waals surface area (Å²) in [6.07, 6.45) is 3.66. The summed E-state index contributed by atoms with van der Waals surface area (Å²) in [7, 11) is -3.27. The molecule has 1 aromatic carbocycles. The lowest BCUT2D eigenvalue weighted by molar-refractivity contribution is -0.679. The largest absolute Gasteiger partial charge is 0.302 e. The van der Waals surface area contributed by atoms with E-state index in [1.165, 1.54) is 0 Å². The number of nitrogens with one attached hydrogen (secondary N) is 1. The van der Waals surface area contributed by atoms with Crippen LogP contribution < -0.4 is 9.29 Å². The Labute approximate surface area is 140 Å². The average Bonchev–Trinajstić information content (AvgIpc) is 2.61. The number of sulfonamides is 1. The number of fused-ring (bicyclic) bond motifs is 1. The van der Waals surface area contributed by atoms with Crippen molar-refractivity contribution in [2.45, 2.75) is 6.54 Å². The van der Waals surface area contributed by atoms with Crippen molar-refractivity contribution >= 4 is 15.8 Å². The number of anilines is 1. The molecular weight excluding hydrogens is 322 g/mol. The van der Waals surface area contributed by atoms with Crippen molar-refractivity contribution < 1.29 is 13.0 Å². The molecule has 0 atom stereocenters. The predicted molar refractivity (Wildman–Crippen MR) is 92.7 cm³/mol. The maximum absolute atomic E-state index is 11.9. The molecule has 0 aliphatic carbocycles. The third-order valence-electron chi connectivity index (χ3n) is 4.07. The number of aryl methyl sites for hydroxylation is 1. The molecule has 1 N–H and O–H groups in total. The Bertz CT molecular complexity index is 985. The van der Waals surface area contributed by atoms with Crippen LogP contribution in [0.2, 0.25) is 0 Å². The first kappa shape index (κ1) is 14.8. The molecule has 6 heteroatoms. The fraction of sp³-hybridized carbons (Fsp3) is 0.111. The lowest BCUT2D eigenvalue weighted by Gasteiger charge is -2.15. The summed E-state index contributed by atoms with van der Waals surface area (Å²) < 4.78 is 28.4. The Kier molecular flexibility index (Phi) is 3.54. The molecule has 2 aromatic heterocycles. The van der Waals surface area contributed by atoms with Gasteiger partial charge in [0.25, 0.3) is 5.82 Å². The number of hydrogen-bond donors (Lipinski definition) is 1. The first-order chi connectivity index (χ1) is 11.6. The van der Waals surface area contributed by atoms with E-state index in [1.54, 1.807) is 6.20 Å². The minimum atomic E-state index is -3.27. The van der Waals surface area contributed by atoms with Gasteiger partial charge in [0.1, 0.15) is 12.3 Å². The average molecular weight is 338 g/mol. The Morgan fingerprint density at radius 1 is 0.958 bits per heavy atom. The zero-order valence-corrected chi connectivity index (χ0v) is 13.7. The molecule has 0 spiro atoms. The third kappa shape index (κ3) is 2.76. The van der Waals surface area contributed by atoms with Gasteiger partial charge in [-0.25, -0.2) is 4.57 Å². The first-order valence-electron chi connectivity index (χ1n) is 7.67. The maximum atomic E-state index is 11.9. The molecule has 5 nitrogen and oxygen atoms in total. The quantitative estimate of drug-likeness (QED) is 0.730. The third-order valence-corrected chi connectivity index (χ3v) is 5.29. The van der Waals surface area contributed by atoms with E-state index >= 15 is 0 Å². The van der Waals surface area contributed by atoms with Crippen molar-refractivity contribution in [2.24, 2.45) is 0 Å². The minimum absolute atomic E-state index is 0.0965. The monoisotopic (exact) mass is 338 g/mol. The molecule has 4 rings (SSSR count). The number of nitrogens with zero attached hydrogens (tertiary/aromatic N) is 2. The molecule has 0 bridgehead atoms. The highest BCUT2D eigenvalue weighted by Gasteiger charge is 2.29. The number of pyridine rings is 2. The standard InChI is InChI=1S/C18H15N3O2S/c22-24(23)12-11-21-10-4-7-16(18(21)20-24)15-8-9-17(19-13-15)14-5-2-1-3-6-14/h1-10,13H,11-12H2/p+1. The van der Waals surface area contributed by atoms with Crippen molar-refractivity contribution in [1.82, 2.24) is 4.98 Å². The molecule has 0 fully saturated rings. The van der Waals surface area contributed by atoms with E-state index in [0.29, 0.717) is 12.4 Å². The molecule has 0 radical (unpaired) electrons. The topological polar surface area (TPSA) is 62.9 Å². The highest BCUT2D eigenvalue weighted by Crippen LogP contribution is 2.28. The molecule has 0 saturated heterocycles. The van der Waals surface area contributed by atoms with E-state index in [9.17, 15) is 8.42 Å². The summed E-state index contributed by atoms with van der Waals surface area (Å²) in [4.78, 5) is 4.52. The first-order valence-corrected chi connectivity index (χ1v) is 9.32. The van der Waals surface area contributed by atoms with Gasteiger partial charge in [0.05, 0.1) is 17.5 Å². The molecule has 3 aromatic rings. The van der Waals surface area contributed by atoms with Crippen molar-refractivity contribution in [1.29, 1.82) is 0 Å². The van der Waals surface area contributed by atoms with Gasteiger partial charge in [-0.3, -0.25) is 4.98 Å². The van der Waals surface area contributed by atoms with E-state index in [1.807, 2.05) is 65.4 Å². The molecule has 1 aliphatic rings. The normalized spacial score (nSPS) is 15.3. The van der Waals surface area contributed by atoms with Crippen LogP contribution in [0.4, 0.5) is 5.82 Å². The van der Waals surface area contributed by atoms with E-state index in [0.717, 1.165) is 22.4 Å². The van der Waals surface area contributed by atoms with E-state index in [4.69, 9.17) is 0 Å². The summed E-state index contributed by atoms with van der Waals surface area (Å²) in [5.41, 5.74) is 3.64. The summed E-state index contributed by atoms with van der Waals surface area (Å²) in [6, 6.07) is 17.7. The Hall–Kier alpha value is -2.73. The molecular formula is C18H16N3O2S+. The number of aromatic nitrogens is 2. The van der Waals surface area contributed by atoms with Crippen LogP contribution in [0.15, 0.2) is 67.0 Å². The number of hydrogen-bond acceptors (Lipinski definition) is 3. The molecule has 24 heavy (non-hydrogen) atoms. The highest BCUT2D eigenvalue weighted by molar-refractivity contribution is 7.92. The minimum Gasteiger partial charge on any atom is -0.256 e. The van der Waals surface area contributed by atoms with E-state index < -0.39 is 10.0 Å². The fourth-order valence-electron chi connectivity index (χ4n) is 2.83. The zero-order valence-electron chi connectivity index (χ0n) is 12.9. The van der Waals surface area contributed by atoms with E-state index in [2.05, 4.69) is 9.71 Å². The zero-order chi connectivity index (χ0) is 16.6. The van der Waals surface area contributed by atoms with Crippen molar-refractivity contribution in [3.8, 4) is 22.4 Å². The van der Waals surface area contributed by atoms with Gasteiger partial charge in [0.15, 0.2) is 0 Å². The molecule has 0 amide bonds. The predicted octanol–water partition coefficient (Wildman–Crippen LogP) is 2.46. The highest BCUT2D eigenvalue weighted by atomic mass is 32.2. The number of rotatable bonds is 2. The smallest absolute Gasteiger partial charge is 0.256 e. The van der Waals surface area contributed by atoms with Crippen LogP contribution in [0.1, 0.15) is 0 Å².